The predicted molar refractivity (Wildman–Crippen MR) is 67.8 cm³/mol. The minimum absolute atomic E-state index is 0.116. The number of benzene rings is 1. The van der Waals surface area contributed by atoms with Crippen LogP contribution in [0.1, 0.15) is 10.5 Å². The molecule has 0 fully saturated rings. The third kappa shape index (κ3) is 3.13. The van der Waals surface area contributed by atoms with E-state index >= 15 is 0 Å². The topological polar surface area (TPSA) is 102 Å². The maximum Gasteiger partial charge on any atom is 0.275 e. The number of thiazole rings is 1. The van der Waals surface area contributed by atoms with Gasteiger partial charge in [0.15, 0.2) is 0 Å². The molecule has 3 N–H and O–H groups in total. The van der Waals surface area contributed by atoms with Gasteiger partial charge in [-0.3, -0.25) is 4.79 Å². The fourth-order valence-electron chi connectivity index (χ4n) is 1.29. The molecular formula is C10H8FN3O3S2. The van der Waals surface area contributed by atoms with Gasteiger partial charge in [-0.05, 0) is 18.2 Å². The van der Waals surface area contributed by atoms with Gasteiger partial charge in [0.25, 0.3) is 5.91 Å². The number of nitrogens with two attached hydrogens (primary N) is 1. The third-order valence-corrected chi connectivity index (χ3v) is 3.68. The van der Waals surface area contributed by atoms with Gasteiger partial charge in [0.1, 0.15) is 11.5 Å². The summed E-state index contributed by atoms with van der Waals surface area (Å²) in [5, 5.41) is 8.65. The summed E-state index contributed by atoms with van der Waals surface area (Å²) in [6, 6.07) is 2.88. The van der Waals surface area contributed by atoms with Crippen molar-refractivity contribution in [3.8, 4) is 0 Å². The summed E-state index contributed by atoms with van der Waals surface area (Å²) in [5.41, 5.74) is 1.29. The first kappa shape index (κ1) is 13.6. The molecule has 100 valence electrons. The van der Waals surface area contributed by atoms with Crippen molar-refractivity contribution in [2.75, 3.05) is 5.32 Å². The highest BCUT2D eigenvalue weighted by molar-refractivity contribution is 7.89. The molecule has 0 aliphatic carbocycles. The molecule has 0 bridgehead atoms. The quantitative estimate of drug-likeness (QED) is 0.888. The second-order valence-electron chi connectivity index (χ2n) is 3.51. The molecule has 1 amide bonds. The molecule has 1 heterocycles. The van der Waals surface area contributed by atoms with Crippen LogP contribution in [0.5, 0.6) is 0 Å². The van der Waals surface area contributed by atoms with Crippen molar-refractivity contribution in [1.82, 2.24) is 4.98 Å². The van der Waals surface area contributed by atoms with Gasteiger partial charge in [0, 0.05) is 5.38 Å². The predicted octanol–water partition coefficient (Wildman–Crippen LogP) is 1.18. The number of hydrogen-bond donors (Lipinski definition) is 2. The van der Waals surface area contributed by atoms with Gasteiger partial charge in [-0.2, -0.15) is 0 Å². The number of primary sulfonamides is 1. The monoisotopic (exact) mass is 301 g/mol. The van der Waals surface area contributed by atoms with Crippen molar-refractivity contribution in [3.05, 3.63) is 40.6 Å². The molecule has 19 heavy (non-hydrogen) atoms. The largest absolute Gasteiger partial charge is 0.318 e. The maximum atomic E-state index is 13.5. The smallest absolute Gasteiger partial charge is 0.275 e. The number of carbonyl (C=O) groups excluding carboxylic acids is 1. The van der Waals surface area contributed by atoms with E-state index in [2.05, 4.69) is 10.3 Å². The van der Waals surface area contributed by atoms with Gasteiger partial charge in [0.05, 0.1) is 16.1 Å². The summed E-state index contributed by atoms with van der Waals surface area (Å²) in [5.74, 6) is -1.40. The molecule has 1 aromatic carbocycles. The average Bonchev–Trinajstić information content (AvgIpc) is 2.84. The zero-order chi connectivity index (χ0) is 14.0. The van der Waals surface area contributed by atoms with Crippen LogP contribution in [0.4, 0.5) is 10.1 Å². The third-order valence-electron chi connectivity index (χ3n) is 2.18. The van der Waals surface area contributed by atoms with Gasteiger partial charge in [0.2, 0.25) is 10.0 Å². The molecule has 2 aromatic rings. The van der Waals surface area contributed by atoms with Crippen molar-refractivity contribution in [1.29, 1.82) is 0 Å². The van der Waals surface area contributed by atoms with E-state index < -0.39 is 21.7 Å². The van der Waals surface area contributed by atoms with E-state index in [9.17, 15) is 17.6 Å². The molecule has 0 saturated heterocycles. The standard InChI is InChI=1S/C10H8FN3O3S2/c11-7-2-1-6(19(12,16)17)3-8(7)14-10(15)9-4-18-5-13-9/h1-5H,(H,14,15)(H2,12,16,17). The second-order valence-corrected chi connectivity index (χ2v) is 5.79. The molecule has 9 heteroatoms. The fourth-order valence-corrected chi connectivity index (χ4v) is 2.36. The highest BCUT2D eigenvalue weighted by Gasteiger charge is 2.15. The van der Waals surface area contributed by atoms with Crippen LogP contribution in [0.2, 0.25) is 0 Å². The Morgan fingerprint density at radius 1 is 1.42 bits per heavy atom. The van der Waals surface area contributed by atoms with Crippen molar-refractivity contribution in [2.24, 2.45) is 5.14 Å². The first-order valence-corrected chi connectivity index (χ1v) is 7.39. The first-order valence-electron chi connectivity index (χ1n) is 4.90. The lowest BCUT2D eigenvalue weighted by molar-refractivity contribution is 0.102. The van der Waals surface area contributed by atoms with Crippen molar-refractivity contribution in [3.63, 3.8) is 0 Å². The maximum absolute atomic E-state index is 13.5. The number of carbonyl (C=O) groups is 1. The molecule has 2 rings (SSSR count). The summed E-state index contributed by atoms with van der Waals surface area (Å²) >= 11 is 1.21. The number of aromatic nitrogens is 1. The van der Waals surface area contributed by atoms with Crippen molar-refractivity contribution >= 4 is 33.0 Å². The molecule has 6 nitrogen and oxygen atoms in total. The van der Waals surface area contributed by atoms with Gasteiger partial charge in [-0.15, -0.1) is 11.3 Å². The Hall–Kier alpha value is -1.84. The van der Waals surface area contributed by atoms with Crippen LogP contribution in [-0.2, 0) is 10.0 Å². The molecule has 0 aliphatic heterocycles. The number of nitrogens with zero attached hydrogens (tertiary/aromatic N) is 1. The van der Waals surface area contributed by atoms with Crippen LogP contribution in [-0.4, -0.2) is 19.3 Å². The average molecular weight is 301 g/mol. The van der Waals surface area contributed by atoms with Crippen molar-refractivity contribution in [2.45, 2.75) is 4.90 Å². The number of rotatable bonds is 3. The van der Waals surface area contributed by atoms with E-state index in [1.54, 1.807) is 0 Å². The van der Waals surface area contributed by atoms with E-state index in [1.165, 1.54) is 22.2 Å². The number of anilines is 1. The van der Waals surface area contributed by atoms with E-state index in [0.717, 1.165) is 18.2 Å². The lowest BCUT2D eigenvalue weighted by atomic mass is 10.3. The Kier molecular flexibility index (Phi) is 3.60. The lowest BCUT2D eigenvalue weighted by Crippen LogP contribution is -2.16. The van der Waals surface area contributed by atoms with E-state index in [1.807, 2.05) is 0 Å². The summed E-state index contributed by atoms with van der Waals surface area (Å²) in [6.45, 7) is 0. The molecule has 0 unspecified atom stereocenters. The Morgan fingerprint density at radius 2 is 2.16 bits per heavy atom. The molecule has 0 atom stereocenters. The fraction of sp³-hybridized carbons (Fsp3) is 0. The highest BCUT2D eigenvalue weighted by atomic mass is 32.2. The van der Waals surface area contributed by atoms with Crippen LogP contribution < -0.4 is 10.5 Å². The van der Waals surface area contributed by atoms with E-state index in [0.29, 0.717) is 0 Å². The molecule has 1 aromatic heterocycles. The Labute approximate surface area is 112 Å². The minimum atomic E-state index is -3.96. The number of nitrogens with one attached hydrogen (secondary N) is 1. The van der Waals surface area contributed by atoms with Crippen molar-refractivity contribution < 1.29 is 17.6 Å². The number of halogens is 1. The first-order chi connectivity index (χ1) is 8.88. The minimum Gasteiger partial charge on any atom is -0.318 e. The zero-order valence-corrected chi connectivity index (χ0v) is 11.0. The molecule has 0 spiro atoms. The van der Waals surface area contributed by atoms with Gasteiger partial charge < -0.3 is 5.32 Å². The number of sulfonamides is 1. The number of hydrogen-bond acceptors (Lipinski definition) is 5. The molecule has 0 radical (unpaired) electrons. The summed E-state index contributed by atoms with van der Waals surface area (Å²) in [6.07, 6.45) is 0. The number of amides is 1. The van der Waals surface area contributed by atoms with Crippen LogP contribution in [0.25, 0.3) is 0 Å². The van der Waals surface area contributed by atoms with Gasteiger partial charge in [-0.25, -0.2) is 22.9 Å². The SMILES string of the molecule is NS(=O)(=O)c1ccc(F)c(NC(=O)c2cscn2)c1. The lowest BCUT2D eigenvalue weighted by Gasteiger charge is -2.06. The molecular weight excluding hydrogens is 293 g/mol. The van der Waals surface area contributed by atoms with Gasteiger partial charge >= 0.3 is 0 Å². The molecule has 0 saturated carbocycles. The Bertz CT molecular complexity index is 714. The van der Waals surface area contributed by atoms with Crippen LogP contribution in [0.15, 0.2) is 34.0 Å². The molecule has 0 aliphatic rings. The van der Waals surface area contributed by atoms with Crippen LogP contribution in [0.3, 0.4) is 0 Å². The zero-order valence-electron chi connectivity index (χ0n) is 9.33. The summed E-state index contributed by atoms with van der Waals surface area (Å²) < 4.78 is 35.8. The van der Waals surface area contributed by atoms with E-state index in [-0.39, 0.29) is 16.3 Å². The normalized spacial score (nSPS) is 11.3. The Balaban J connectivity index is 2.32. The van der Waals surface area contributed by atoms with Gasteiger partial charge in [-0.1, -0.05) is 0 Å². The summed E-state index contributed by atoms with van der Waals surface area (Å²) in [7, 11) is -3.96. The van der Waals surface area contributed by atoms with Crippen LogP contribution >= 0.6 is 11.3 Å². The highest BCUT2D eigenvalue weighted by Crippen LogP contribution is 2.19. The summed E-state index contributed by atoms with van der Waals surface area (Å²) in [4.78, 5) is 15.1. The Morgan fingerprint density at radius 3 is 2.74 bits per heavy atom. The van der Waals surface area contributed by atoms with Crippen LogP contribution in [0, 0.1) is 5.82 Å². The van der Waals surface area contributed by atoms with E-state index in [4.69, 9.17) is 5.14 Å². The second kappa shape index (κ2) is 5.03.